The number of pyridine rings is 1. The second-order valence-electron chi connectivity index (χ2n) is 9.67. The van der Waals surface area contributed by atoms with Gasteiger partial charge < -0.3 is 24.4 Å². The minimum atomic E-state index is -0.413. The highest BCUT2D eigenvalue weighted by Crippen LogP contribution is 2.37. The lowest BCUT2D eigenvalue weighted by Crippen LogP contribution is -2.59. The van der Waals surface area contributed by atoms with Crippen molar-refractivity contribution < 1.29 is 23.4 Å². The van der Waals surface area contributed by atoms with Crippen LogP contribution >= 0.6 is 11.6 Å². The Bertz CT molecular complexity index is 1280. The second-order valence-corrected chi connectivity index (χ2v) is 10.1. The molecule has 0 aliphatic carbocycles. The molecule has 2 saturated heterocycles. The van der Waals surface area contributed by atoms with Gasteiger partial charge in [0.25, 0.3) is 0 Å². The van der Waals surface area contributed by atoms with Crippen LogP contribution in [0.5, 0.6) is 5.75 Å². The van der Waals surface area contributed by atoms with Gasteiger partial charge in [0.05, 0.1) is 62.6 Å². The first-order chi connectivity index (χ1) is 18.9. The lowest BCUT2D eigenvalue weighted by molar-refractivity contribution is -0.141. The first-order valence-corrected chi connectivity index (χ1v) is 13.4. The molecule has 1 aromatic carbocycles. The number of carbonyl (C=O) groups excluding carboxylic acids is 1. The van der Waals surface area contributed by atoms with Gasteiger partial charge >= 0.3 is 0 Å². The van der Waals surface area contributed by atoms with E-state index in [2.05, 4.69) is 21.8 Å². The maximum absolute atomic E-state index is 14.6. The van der Waals surface area contributed by atoms with Crippen molar-refractivity contribution >= 4 is 23.2 Å². The van der Waals surface area contributed by atoms with E-state index in [0.29, 0.717) is 92.4 Å². The average Bonchev–Trinajstić information content (AvgIpc) is 2.85. The van der Waals surface area contributed by atoms with Crippen LogP contribution in [0.1, 0.15) is 13.3 Å². The number of allylic oxidation sites excluding steroid dienone is 3. The molecule has 1 amide bonds. The maximum Gasteiger partial charge on any atom is 0.225 e. The molecule has 8 nitrogen and oxygen atoms in total. The van der Waals surface area contributed by atoms with Crippen molar-refractivity contribution in [3.05, 3.63) is 77.5 Å². The first kappa shape index (κ1) is 27.3. The van der Waals surface area contributed by atoms with Gasteiger partial charge in [0, 0.05) is 34.9 Å². The number of anilines is 1. The number of aromatic nitrogens is 1. The minimum absolute atomic E-state index is 0.105. The van der Waals surface area contributed by atoms with Crippen LogP contribution in [0.25, 0.3) is 11.3 Å². The Morgan fingerprint density at radius 2 is 2.00 bits per heavy atom. The molecule has 0 saturated carbocycles. The summed E-state index contributed by atoms with van der Waals surface area (Å²) in [7, 11) is 0. The number of hydrogen-bond acceptors (Lipinski definition) is 7. The van der Waals surface area contributed by atoms with Gasteiger partial charge in [0.15, 0.2) is 5.75 Å². The van der Waals surface area contributed by atoms with Crippen molar-refractivity contribution in [1.82, 2.24) is 15.2 Å². The number of fused-ring (bicyclic) bond motifs is 1. The molecule has 4 heterocycles. The van der Waals surface area contributed by atoms with Crippen LogP contribution in [0.4, 0.5) is 10.1 Å². The highest BCUT2D eigenvalue weighted by atomic mass is 35.5. The molecule has 0 spiro atoms. The molecule has 39 heavy (non-hydrogen) atoms. The Morgan fingerprint density at radius 3 is 2.67 bits per heavy atom. The molecule has 10 heteroatoms. The number of rotatable bonds is 10. The van der Waals surface area contributed by atoms with Crippen molar-refractivity contribution in [3.63, 3.8) is 0 Å². The Hall–Kier alpha value is -3.24. The molecule has 0 atom stereocenters. The van der Waals surface area contributed by atoms with Gasteiger partial charge in [-0.05, 0) is 43.3 Å². The number of ether oxygens (including phenoxy) is 3. The number of halogens is 2. The summed E-state index contributed by atoms with van der Waals surface area (Å²) in [6, 6.07) is 6.85. The van der Waals surface area contributed by atoms with Crippen LogP contribution in [-0.4, -0.2) is 74.0 Å². The highest BCUT2D eigenvalue weighted by Gasteiger charge is 2.35. The molecule has 0 radical (unpaired) electrons. The zero-order valence-electron chi connectivity index (χ0n) is 21.9. The van der Waals surface area contributed by atoms with E-state index in [4.69, 9.17) is 25.8 Å². The number of nitrogens with one attached hydrogen (secondary N) is 1. The monoisotopic (exact) mass is 554 g/mol. The second kappa shape index (κ2) is 12.3. The fourth-order valence-corrected chi connectivity index (χ4v) is 4.97. The fraction of sp³-hybridized carbons (Fsp3) is 0.379. The van der Waals surface area contributed by atoms with E-state index >= 15 is 0 Å². The topological polar surface area (TPSA) is 76.2 Å². The molecule has 0 bridgehead atoms. The van der Waals surface area contributed by atoms with Crippen LogP contribution in [0.3, 0.4) is 0 Å². The third-order valence-electron chi connectivity index (χ3n) is 6.96. The van der Waals surface area contributed by atoms with Gasteiger partial charge in [-0.1, -0.05) is 24.3 Å². The van der Waals surface area contributed by atoms with Crippen LogP contribution < -0.4 is 15.0 Å². The predicted molar refractivity (Wildman–Crippen MR) is 148 cm³/mol. The van der Waals surface area contributed by atoms with E-state index < -0.39 is 5.82 Å². The summed E-state index contributed by atoms with van der Waals surface area (Å²) in [4.78, 5) is 21.6. The van der Waals surface area contributed by atoms with E-state index in [1.807, 2.05) is 30.1 Å². The summed E-state index contributed by atoms with van der Waals surface area (Å²) in [5.41, 5.74) is 2.75. The normalized spacial score (nSPS) is 17.9. The lowest BCUT2D eigenvalue weighted by Gasteiger charge is -2.45. The third-order valence-corrected chi connectivity index (χ3v) is 7.20. The van der Waals surface area contributed by atoms with E-state index in [1.54, 1.807) is 18.3 Å². The number of benzene rings is 1. The maximum atomic E-state index is 14.6. The molecule has 2 fully saturated rings. The first-order valence-electron chi connectivity index (χ1n) is 13.0. The van der Waals surface area contributed by atoms with Crippen molar-refractivity contribution in [1.29, 1.82) is 0 Å². The quantitative estimate of drug-likeness (QED) is 0.438. The van der Waals surface area contributed by atoms with E-state index in [1.165, 1.54) is 12.1 Å². The number of carbonyl (C=O) groups is 1. The highest BCUT2D eigenvalue weighted by molar-refractivity contribution is 6.30. The summed E-state index contributed by atoms with van der Waals surface area (Å²) in [6.45, 7) is 10.4. The Morgan fingerprint density at radius 1 is 1.26 bits per heavy atom. The van der Waals surface area contributed by atoms with Crippen molar-refractivity contribution in [2.45, 2.75) is 25.4 Å². The molecule has 3 aliphatic rings. The van der Waals surface area contributed by atoms with Crippen LogP contribution in [0, 0.1) is 5.82 Å². The molecule has 5 rings (SSSR count). The van der Waals surface area contributed by atoms with Crippen LogP contribution in [0.15, 0.2) is 66.7 Å². The van der Waals surface area contributed by atoms with Gasteiger partial charge in [-0.2, -0.15) is 0 Å². The zero-order chi connectivity index (χ0) is 27.4. The number of hydrogen-bond donors (Lipinski definition) is 1. The SMILES string of the molecule is C=C(/C=C(\C=C/C)N1CCOc2cnc(-c3cc(Cl)ccc3F)cc21)NC(=O)CCN(C1COC1)C1COC1. The standard InChI is InChI=1S/C29H32ClFN4O4/c1-3-4-21(11-19(2)33-29(36)7-8-34(22-15-37-16-22)23-17-38-18-23)35-9-10-39-28-14-32-26(13-27(28)35)24-12-20(30)5-6-25(24)31/h3-6,11-14,22-23H,2,7-10,15-18H2,1H3,(H,33,36)/b4-3-,21-11+. The van der Waals surface area contributed by atoms with Gasteiger partial charge in [-0.15, -0.1) is 0 Å². The summed E-state index contributed by atoms with van der Waals surface area (Å²) in [5, 5.41) is 3.34. The van der Waals surface area contributed by atoms with Crippen molar-refractivity contribution in [2.75, 3.05) is 51.0 Å². The Labute approximate surface area is 232 Å². The molecular formula is C29H32ClFN4O4. The molecule has 1 N–H and O–H groups in total. The molecular weight excluding hydrogens is 523 g/mol. The van der Waals surface area contributed by atoms with Crippen molar-refractivity contribution in [3.8, 4) is 17.0 Å². The Kier molecular flexibility index (Phi) is 8.62. The largest absolute Gasteiger partial charge is 0.488 e. The lowest BCUT2D eigenvalue weighted by atomic mass is 10.1. The smallest absolute Gasteiger partial charge is 0.225 e. The predicted octanol–water partition coefficient (Wildman–Crippen LogP) is 4.32. The Balaban J connectivity index is 1.30. The van der Waals surface area contributed by atoms with Gasteiger partial charge in [0.1, 0.15) is 12.4 Å². The van der Waals surface area contributed by atoms with Gasteiger partial charge in [-0.3, -0.25) is 14.7 Å². The number of nitrogens with zero attached hydrogens (tertiary/aromatic N) is 3. The summed E-state index contributed by atoms with van der Waals surface area (Å²) in [6.07, 6.45) is 7.60. The summed E-state index contributed by atoms with van der Waals surface area (Å²) < 4.78 is 31.1. The van der Waals surface area contributed by atoms with Crippen molar-refractivity contribution in [2.24, 2.45) is 0 Å². The third kappa shape index (κ3) is 6.33. The van der Waals surface area contributed by atoms with Crippen LogP contribution in [0.2, 0.25) is 5.02 Å². The molecule has 0 unspecified atom stereocenters. The average molecular weight is 555 g/mol. The van der Waals surface area contributed by atoms with E-state index in [-0.39, 0.29) is 5.91 Å². The minimum Gasteiger partial charge on any atom is -0.488 e. The molecule has 3 aliphatic heterocycles. The van der Waals surface area contributed by atoms with E-state index in [0.717, 1.165) is 11.4 Å². The van der Waals surface area contributed by atoms with Gasteiger partial charge in [-0.25, -0.2) is 4.39 Å². The van der Waals surface area contributed by atoms with Crippen LogP contribution in [-0.2, 0) is 14.3 Å². The molecule has 206 valence electrons. The zero-order valence-corrected chi connectivity index (χ0v) is 22.6. The fourth-order valence-electron chi connectivity index (χ4n) is 4.80. The number of amides is 1. The molecule has 2 aromatic rings. The molecule has 1 aromatic heterocycles. The van der Waals surface area contributed by atoms with E-state index in [9.17, 15) is 9.18 Å². The summed E-state index contributed by atoms with van der Waals surface area (Å²) >= 11 is 6.11. The van der Waals surface area contributed by atoms with Gasteiger partial charge in [0.2, 0.25) is 5.91 Å². The summed E-state index contributed by atoms with van der Waals surface area (Å²) in [5.74, 6) is 0.0630.